The van der Waals surface area contributed by atoms with E-state index in [-0.39, 0.29) is 0 Å². The van der Waals surface area contributed by atoms with E-state index < -0.39 is 32.3 Å². The molecule has 0 spiro atoms. The molecule has 0 aliphatic carbocycles. The van der Waals surface area contributed by atoms with Gasteiger partial charge in [-0.05, 0) is 30.5 Å². The van der Waals surface area contributed by atoms with Crippen LogP contribution in [-0.4, -0.2) is 29.2 Å². The van der Waals surface area contributed by atoms with Gasteiger partial charge in [0.2, 0.25) is 0 Å². The highest BCUT2D eigenvalue weighted by molar-refractivity contribution is 7.86. The molecular weight excluding hydrogens is 356 g/mol. The standard InChI is InChI=1S/C19H30O6S/c1-2-3-4-5-6-7-8-9-10-11-12-15-13-16(19(21)22)18(20)17(14-15)26(23,24)25/h13-14,20H,2-12H2,1H3,(H,21,22)(H,23,24,25). The van der Waals surface area contributed by atoms with Crippen molar-refractivity contribution < 1.29 is 28.0 Å². The van der Waals surface area contributed by atoms with Crippen molar-refractivity contribution in [3.05, 3.63) is 23.3 Å². The second-order valence-corrected chi connectivity index (χ2v) is 8.09. The van der Waals surface area contributed by atoms with Crippen LogP contribution in [0.4, 0.5) is 0 Å². The van der Waals surface area contributed by atoms with Gasteiger partial charge in [0, 0.05) is 0 Å². The minimum Gasteiger partial charge on any atom is -0.506 e. The van der Waals surface area contributed by atoms with E-state index in [1.54, 1.807) is 0 Å². The Balaban J connectivity index is 2.48. The molecule has 6 nitrogen and oxygen atoms in total. The van der Waals surface area contributed by atoms with Gasteiger partial charge in [0.15, 0.2) is 5.75 Å². The van der Waals surface area contributed by atoms with Crippen LogP contribution in [0.2, 0.25) is 0 Å². The molecule has 0 unspecified atom stereocenters. The highest BCUT2D eigenvalue weighted by Crippen LogP contribution is 2.29. The summed E-state index contributed by atoms with van der Waals surface area (Å²) in [6.45, 7) is 2.20. The molecule has 0 bridgehead atoms. The Labute approximate surface area is 156 Å². The summed E-state index contributed by atoms with van der Waals surface area (Å²) < 4.78 is 31.8. The third-order valence-corrected chi connectivity index (χ3v) is 5.33. The summed E-state index contributed by atoms with van der Waals surface area (Å²) in [5.41, 5.74) is -0.0328. The normalized spacial score (nSPS) is 11.6. The first-order valence-electron chi connectivity index (χ1n) is 9.34. The summed E-state index contributed by atoms with van der Waals surface area (Å²) in [4.78, 5) is 10.4. The third kappa shape index (κ3) is 7.74. The van der Waals surface area contributed by atoms with Gasteiger partial charge in [-0.15, -0.1) is 0 Å². The van der Waals surface area contributed by atoms with Crippen molar-refractivity contribution in [3.63, 3.8) is 0 Å². The van der Waals surface area contributed by atoms with Crippen molar-refractivity contribution in [2.75, 3.05) is 0 Å². The fourth-order valence-corrected chi connectivity index (χ4v) is 3.64. The molecule has 0 heterocycles. The fourth-order valence-electron chi connectivity index (χ4n) is 2.99. The summed E-state index contributed by atoms with van der Waals surface area (Å²) in [5.74, 6) is -2.36. The van der Waals surface area contributed by atoms with E-state index in [9.17, 15) is 18.3 Å². The number of carbonyl (C=O) groups is 1. The largest absolute Gasteiger partial charge is 0.506 e. The van der Waals surface area contributed by atoms with Crippen molar-refractivity contribution in [1.29, 1.82) is 0 Å². The van der Waals surface area contributed by atoms with E-state index in [1.165, 1.54) is 51.0 Å². The topological polar surface area (TPSA) is 112 Å². The molecule has 7 heteroatoms. The van der Waals surface area contributed by atoms with Crippen molar-refractivity contribution in [3.8, 4) is 5.75 Å². The first-order valence-corrected chi connectivity index (χ1v) is 10.8. The van der Waals surface area contributed by atoms with Crippen molar-refractivity contribution >= 4 is 16.1 Å². The molecule has 1 rings (SSSR count). The van der Waals surface area contributed by atoms with Gasteiger partial charge in [0.25, 0.3) is 10.1 Å². The van der Waals surface area contributed by atoms with Crippen molar-refractivity contribution in [2.45, 2.75) is 82.4 Å². The maximum absolute atomic E-state index is 11.3. The third-order valence-electron chi connectivity index (χ3n) is 4.46. The molecule has 0 aliphatic heterocycles. The molecule has 0 saturated carbocycles. The Morgan fingerprint density at radius 2 is 1.42 bits per heavy atom. The number of carboxylic acids is 1. The second kappa shape index (κ2) is 11.2. The van der Waals surface area contributed by atoms with Gasteiger partial charge in [-0.1, -0.05) is 64.7 Å². The molecule has 0 aliphatic rings. The summed E-state index contributed by atoms with van der Waals surface area (Å²) in [6.07, 6.45) is 12.1. The van der Waals surface area contributed by atoms with Gasteiger partial charge >= 0.3 is 5.97 Å². The minimum absolute atomic E-state index is 0.479. The Hall–Kier alpha value is -1.60. The number of aromatic carboxylic acids is 1. The van der Waals surface area contributed by atoms with E-state index in [1.807, 2.05) is 0 Å². The lowest BCUT2D eigenvalue weighted by Crippen LogP contribution is -2.06. The molecule has 148 valence electrons. The monoisotopic (exact) mass is 386 g/mol. The Morgan fingerprint density at radius 3 is 1.88 bits per heavy atom. The van der Waals surface area contributed by atoms with Crippen LogP contribution in [0.5, 0.6) is 5.75 Å². The van der Waals surface area contributed by atoms with Gasteiger partial charge in [0.1, 0.15) is 10.5 Å². The number of aromatic hydroxyl groups is 1. The van der Waals surface area contributed by atoms with Crippen LogP contribution in [0.3, 0.4) is 0 Å². The predicted molar refractivity (Wildman–Crippen MR) is 100 cm³/mol. The van der Waals surface area contributed by atoms with E-state index in [0.717, 1.165) is 25.3 Å². The number of carboxylic acid groups (broad SMARTS) is 1. The Bertz CT molecular complexity index is 682. The highest BCUT2D eigenvalue weighted by atomic mass is 32.2. The van der Waals surface area contributed by atoms with Crippen molar-refractivity contribution in [2.24, 2.45) is 0 Å². The van der Waals surface area contributed by atoms with Gasteiger partial charge in [-0.3, -0.25) is 4.55 Å². The first kappa shape index (κ1) is 22.4. The molecule has 0 atom stereocenters. The molecule has 0 radical (unpaired) electrons. The number of rotatable bonds is 13. The summed E-state index contributed by atoms with van der Waals surface area (Å²) in [5, 5.41) is 18.8. The van der Waals surface area contributed by atoms with Crippen LogP contribution in [0.15, 0.2) is 17.0 Å². The lowest BCUT2D eigenvalue weighted by atomic mass is 10.0. The van der Waals surface area contributed by atoms with Crippen LogP contribution in [0.1, 0.15) is 87.1 Å². The molecule has 3 N–H and O–H groups in total. The number of phenols is 1. The molecule has 26 heavy (non-hydrogen) atoms. The van der Waals surface area contributed by atoms with Gasteiger partial charge in [0.05, 0.1) is 0 Å². The fraction of sp³-hybridized carbons (Fsp3) is 0.632. The maximum atomic E-state index is 11.3. The molecule has 0 amide bonds. The zero-order chi connectivity index (χ0) is 19.6. The van der Waals surface area contributed by atoms with E-state index in [4.69, 9.17) is 9.66 Å². The van der Waals surface area contributed by atoms with Crippen molar-refractivity contribution in [1.82, 2.24) is 0 Å². The number of hydrogen-bond acceptors (Lipinski definition) is 4. The number of unbranched alkanes of at least 4 members (excludes halogenated alkanes) is 9. The predicted octanol–water partition coefficient (Wildman–Crippen LogP) is 4.80. The number of hydrogen-bond donors (Lipinski definition) is 3. The molecule has 1 aromatic rings. The molecule has 0 fully saturated rings. The maximum Gasteiger partial charge on any atom is 0.339 e. The number of aryl methyl sites for hydroxylation is 1. The minimum atomic E-state index is -4.68. The summed E-state index contributed by atoms with van der Waals surface area (Å²) in [7, 11) is -4.68. The zero-order valence-corrected chi connectivity index (χ0v) is 16.2. The van der Waals surface area contributed by atoms with E-state index >= 15 is 0 Å². The van der Waals surface area contributed by atoms with Crippen LogP contribution in [0, 0.1) is 0 Å². The Kier molecular flexibility index (Phi) is 9.65. The average molecular weight is 387 g/mol. The average Bonchev–Trinajstić information content (AvgIpc) is 2.56. The Morgan fingerprint density at radius 1 is 0.923 bits per heavy atom. The quantitative estimate of drug-likeness (QED) is 0.331. The lowest BCUT2D eigenvalue weighted by molar-refractivity contribution is 0.0693. The van der Waals surface area contributed by atoms with E-state index in [2.05, 4.69) is 6.92 Å². The van der Waals surface area contributed by atoms with Crippen LogP contribution < -0.4 is 0 Å². The zero-order valence-electron chi connectivity index (χ0n) is 15.4. The van der Waals surface area contributed by atoms with E-state index in [0.29, 0.717) is 12.0 Å². The van der Waals surface area contributed by atoms with Crippen LogP contribution in [0.25, 0.3) is 0 Å². The SMILES string of the molecule is CCCCCCCCCCCCc1cc(C(=O)O)c(O)c(S(=O)(=O)O)c1. The highest BCUT2D eigenvalue weighted by Gasteiger charge is 2.22. The summed E-state index contributed by atoms with van der Waals surface area (Å²) in [6, 6.07) is 2.41. The molecule has 0 aromatic heterocycles. The smallest absolute Gasteiger partial charge is 0.339 e. The second-order valence-electron chi connectivity index (χ2n) is 6.70. The van der Waals surface area contributed by atoms with Crippen LogP contribution >= 0.6 is 0 Å². The molecular formula is C19H30O6S. The van der Waals surface area contributed by atoms with Gasteiger partial charge in [-0.2, -0.15) is 8.42 Å². The number of benzene rings is 1. The first-order chi connectivity index (χ1) is 12.3. The molecule has 1 aromatic carbocycles. The van der Waals surface area contributed by atoms with Gasteiger partial charge in [-0.25, -0.2) is 4.79 Å². The molecule has 0 saturated heterocycles. The summed E-state index contributed by atoms with van der Waals surface area (Å²) >= 11 is 0. The van der Waals surface area contributed by atoms with Gasteiger partial charge < -0.3 is 10.2 Å². The van der Waals surface area contributed by atoms with Crippen LogP contribution in [-0.2, 0) is 16.5 Å². The lowest BCUT2D eigenvalue weighted by Gasteiger charge is -2.09.